The minimum Gasteiger partial charge on any atom is -0.497 e. The van der Waals surface area contributed by atoms with Crippen LogP contribution in [-0.4, -0.2) is 65.0 Å². The van der Waals surface area contributed by atoms with Gasteiger partial charge in [0.2, 0.25) is 0 Å². The molecular weight excluding hydrogens is 602 g/mol. The van der Waals surface area contributed by atoms with Crippen LogP contribution in [0, 0.1) is 11.6 Å². The molecule has 14 heteroatoms. The van der Waals surface area contributed by atoms with E-state index in [2.05, 4.69) is 10.3 Å². The van der Waals surface area contributed by atoms with Gasteiger partial charge in [0.1, 0.15) is 17.7 Å². The van der Waals surface area contributed by atoms with E-state index in [1.807, 2.05) is 24.3 Å². The molecule has 4 heterocycles. The summed E-state index contributed by atoms with van der Waals surface area (Å²) in [5.74, 6) is -0.477. The number of nitrogens with one attached hydrogen (secondary N) is 1. The number of rotatable bonds is 8. The fourth-order valence-corrected chi connectivity index (χ4v) is 6.35. The number of fused-ring (bicyclic) bond motifs is 3. The summed E-state index contributed by atoms with van der Waals surface area (Å²) in [7, 11) is 1.59. The van der Waals surface area contributed by atoms with Crippen LogP contribution in [0.2, 0.25) is 0 Å². The number of carbonyl (C=O) groups is 2. The van der Waals surface area contributed by atoms with Crippen molar-refractivity contribution in [2.45, 2.75) is 50.5 Å². The summed E-state index contributed by atoms with van der Waals surface area (Å²) >= 11 is 0. The average molecular weight is 633 g/mol. The van der Waals surface area contributed by atoms with Crippen LogP contribution < -0.4 is 30.1 Å². The standard InChI is InChI=1S/C32H30F2N6O6/c1-44-20-5-2-18(3-6-20)16-39-30(42)17-45-26-8-9-28(37-31(26)39)40-24-7-4-19(12-27(24)46-32(40)43)35-10-11-38-25-14-22(34)21(33)13-23(25)36-15-29(38)41/h2-3,5-6,8-9,13-15,19,24,27,35H,4,7,10-12,16-17H2,1H3/t19-,24-,27-/m0/s1. The van der Waals surface area contributed by atoms with Crippen molar-refractivity contribution in [2.75, 3.05) is 30.1 Å². The van der Waals surface area contributed by atoms with E-state index in [0.717, 1.165) is 30.3 Å². The molecule has 1 saturated heterocycles. The molecule has 12 nitrogen and oxygen atoms in total. The van der Waals surface area contributed by atoms with Crippen LogP contribution in [-0.2, 0) is 22.6 Å². The Hall–Kier alpha value is -5.11. The lowest BCUT2D eigenvalue weighted by molar-refractivity contribution is -0.121. The molecule has 2 aromatic carbocycles. The lowest BCUT2D eigenvalue weighted by Gasteiger charge is -2.34. The number of methoxy groups -OCH3 is 1. The fourth-order valence-electron chi connectivity index (χ4n) is 6.35. The third-order valence-electron chi connectivity index (χ3n) is 8.67. The van der Waals surface area contributed by atoms with E-state index in [4.69, 9.17) is 19.2 Å². The average Bonchev–Trinajstić information content (AvgIpc) is 3.39. The minimum absolute atomic E-state index is 0.00511. The first-order chi connectivity index (χ1) is 22.3. The number of anilines is 2. The molecule has 238 valence electrons. The first-order valence-corrected chi connectivity index (χ1v) is 14.9. The number of aromatic nitrogens is 3. The molecule has 0 radical (unpaired) electrons. The number of ether oxygens (including phenoxy) is 3. The van der Waals surface area contributed by atoms with Crippen molar-refractivity contribution < 1.29 is 32.6 Å². The third kappa shape index (κ3) is 5.49. The molecule has 2 aromatic heterocycles. The van der Waals surface area contributed by atoms with Gasteiger partial charge in [0.25, 0.3) is 11.5 Å². The highest BCUT2D eigenvalue weighted by Gasteiger charge is 2.47. The van der Waals surface area contributed by atoms with Crippen LogP contribution in [0.15, 0.2) is 59.5 Å². The second-order valence-electron chi connectivity index (χ2n) is 11.4. The Morgan fingerprint density at radius 2 is 1.85 bits per heavy atom. The summed E-state index contributed by atoms with van der Waals surface area (Å²) in [6.07, 6.45) is 2.06. The Bertz CT molecular complexity index is 1890. The number of benzene rings is 2. The number of nitrogens with zero attached hydrogens (tertiary/aromatic N) is 5. The molecule has 0 unspecified atom stereocenters. The van der Waals surface area contributed by atoms with Crippen molar-refractivity contribution >= 4 is 34.7 Å². The van der Waals surface area contributed by atoms with Crippen LogP contribution in [0.4, 0.5) is 25.2 Å². The minimum atomic E-state index is -1.05. The molecule has 4 aromatic rings. The van der Waals surface area contributed by atoms with Crippen LogP contribution in [0.1, 0.15) is 24.8 Å². The molecule has 2 amide bonds. The normalized spacial score (nSPS) is 20.7. The van der Waals surface area contributed by atoms with Gasteiger partial charge in [-0.05, 0) is 42.7 Å². The predicted molar refractivity (Wildman–Crippen MR) is 162 cm³/mol. The molecular formula is C32H30F2N6O6. The maximum Gasteiger partial charge on any atom is 0.416 e. The van der Waals surface area contributed by atoms with E-state index in [1.165, 1.54) is 4.57 Å². The maximum atomic E-state index is 13.9. The largest absolute Gasteiger partial charge is 0.497 e. The molecule has 1 aliphatic carbocycles. The molecule has 0 spiro atoms. The van der Waals surface area contributed by atoms with Gasteiger partial charge >= 0.3 is 6.09 Å². The fraction of sp³-hybridized carbons (Fsp3) is 0.344. The van der Waals surface area contributed by atoms with Crippen LogP contribution >= 0.6 is 0 Å². The highest BCUT2D eigenvalue weighted by atomic mass is 19.2. The molecule has 3 aliphatic rings. The van der Waals surface area contributed by atoms with Crippen molar-refractivity contribution in [3.8, 4) is 11.5 Å². The first kappa shape index (κ1) is 29.6. The third-order valence-corrected chi connectivity index (χ3v) is 8.67. The van der Waals surface area contributed by atoms with Crippen molar-refractivity contribution in [1.82, 2.24) is 19.9 Å². The quantitative estimate of drug-likeness (QED) is 0.310. The predicted octanol–water partition coefficient (Wildman–Crippen LogP) is 3.54. The molecule has 1 saturated carbocycles. The van der Waals surface area contributed by atoms with Crippen LogP contribution in [0.3, 0.4) is 0 Å². The van der Waals surface area contributed by atoms with E-state index in [0.29, 0.717) is 42.5 Å². The molecule has 1 N–H and O–H groups in total. The van der Waals surface area contributed by atoms with Gasteiger partial charge in [-0.25, -0.2) is 23.5 Å². The van der Waals surface area contributed by atoms with Crippen LogP contribution in [0.25, 0.3) is 11.0 Å². The Morgan fingerprint density at radius 1 is 1.04 bits per heavy atom. The van der Waals surface area contributed by atoms with Crippen LogP contribution in [0.5, 0.6) is 11.5 Å². The zero-order valence-electron chi connectivity index (χ0n) is 24.8. The Balaban J connectivity index is 1.03. The molecule has 7 rings (SSSR count). The summed E-state index contributed by atoms with van der Waals surface area (Å²) in [4.78, 5) is 50.3. The summed E-state index contributed by atoms with van der Waals surface area (Å²) in [5.41, 5.74) is 0.859. The van der Waals surface area contributed by atoms with Gasteiger partial charge in [-0.1, -0.05) is 12.1 Å². The molecule has 3 atom stereocenters. The summed E-state index contributed by atoms with van der Waals surface area (Å²) in [5, 5.41) is 3.41. The van der Waals surface area contributed by atoms with Crippen molar-refractivity contribution in [2.24, 2.45) is 0 Å². The SMILES string of the molecule is COc1ccc(CN2C(=O)COc3ccc(N4C(=O)O[C@H]5C[C@@H](NCCn6c(=O)cnc7cc(F)c(F)cc76)CC[C@@H]54)nc32)cc1. The first-order valence-electron chi connectivity index (χ1n) is 14.9. The summed E-state index contributed by atoms with van der Waals surface area (Å²) in [6, 6.07) is 12.5. The second-order valence-corrected chi connectivity index (χ2v) is 11.4. The smallest absolute Gasteiger partial charge is 0.416 e. The highest BCUT2D eigenvalue weighted by molar-refractivity contribution is 5.97. The van der Waals surface area contributed by atoms with E-state index < -0.39 is 29.4 Å². The molecule has 46 heavy (non-hydrogen) atoms. The number of pyridine rings is 1. The number of halogens is 2. The van der Waals surface area contributed by atoms with E-state index in [-0.39, 0.29) is 48.7 Å². The monoisotopic (exact) mass is 632 g/mol. The number of carbonyl (C=O) groups excluding carboxylic acids is 2. The second kappa shape index (κ2) is 12.0. The van der Waals surface area contributed by atoms with Gasteiger partial charge in [-0.3, -0.25) is 19.4 Å². The zero-order chi connectivity index (χ0) is 31.9. The van der Waals surface area contributed by atoms with E-state index in [1.54, 1.807) is 29.0 Å². The highest BCUT2D eigenvalue weighted by Crippen LogP contribution is 2.39. The Morgan fingerprint density at radius 3 is 2.65 bits per heavy atom. The van der Waals surface area contributed by atoms with Gasteiger partial charge in [-0.15, -0.1) is 0 Å². The number of hydrogen-bond acceptors (Lipinski definition) is 9. The Kier molecular flexibility index (Phi) is 7.72. The summed E-state index contributed by atoms with van der Waals surface area (Å²) in [6.45, 7) is 0.748. The van der Waals surface area contributed by atoms with Crippen molar-refractivity contribution in [1.29, 1.82) is 0 Å². The van der Waals surface area contributed by atoms with Crippen molar-refractivity contribution in [3.63, 3.8) is 0 Å². The van der Waals surface area contributed by atoms with Crippen molar-refractivity contribution in [3.05, 3.63) is 82.3 Å². The van der Waals surface area contributed by atoms with Gasteiger partial charge in [-0.2, -0.15) is 0 Å². The summed E-state index contributed by atoms with van der Waals surface area (Å²) < 4.78 is 45.6. The topological polar surface area (TPSA) is 128 Å². The van der Waals surface area contributed by atoms with Gasteiger partial charge < -0.3 is 24.1 Å². The van der Waals surface area contributed by atoms with E-state index >= 15 is 0 Å². The molecule has 2 aliphatic heterocycles. The lowest BCUT2D eigenvalue weighted by Crippen LogP contribution is -2.47. The Labute approximate surface area is 261 Å². The van der Waals surface area contributed by atoms with E-state index in [9.17, 15) is 23.2 Å². The zero-order valence-corrected chi connectivity index (χ0v) is 24.8. The van der Waals surface area contributed by atoms with Gasteiger partial charge in [0, 0.05) is 37.7 Å². The lowest BCUT2D eigenvalue weighted by atomic mass is 9.88. The van der Waals surface area contributed by atoms with Gasteiger partial charge in [0.05, 0.1) is 36.9 Å². The van der Waals surface area contributed by atoms with Gasteiger partial charge in [0.15, 0.2) is 29.8 Å². The molecule has 2 fully saturated rings. The number of hydrogen-bond donors (Lipinski definition) is 1. The number of amides is 2. The molecule has 0 bridgehead atoms. The maximum absolute atomic E-state index is 13.9.